The van der Waals surface area contributed by atoms with Crippen LogP contribution in [0.3, 0.4) is 0 Å². The molecule has 0 fully saturated rings. The van der Waals surface area contributed by atoms with Gasteiger partial charge in [0, 0.05) is 0 Å². The molecule has 1 aromatic heterocycles. The van der Waals surface area contributed by atoms with Gasteiger partial charge < -0.3 is 0 Å². The predicted molar refractivity (Wildman–Crippen MR) is 87.8 cm³/mol. The summed E-state index contributed by atoms with van der Waals surface area (Å²) in [6.45, 7) is 0.282. The molecule has 0 bridgehead atoms. The lowest BCUT2D eigenvalue weighted by molar-refractivity contribution is 0.622. The van der Waals surface area contributed by atoms with Crippen LogP contribution in [-0.4, -0.2) is 15.3 Å². The molecule has 0 aliphatic carbocycles. The summed E-state index contributed by atoms with van der Waals surface area (Å²) in [5, 5.41) is 9.80. The van der Waals surface area contributed by atoms with E-state index in [0.717, 1.165) is 5.56 Å². The molecule has 114 valence electrons. The van der Waals surface area contributed by atoms with Crippen molar-refractivity contribution in [2.24, 2.45) is 0 Å². The Kier molecular flexibility index (Phi) is 4.40. The van der Waals surface area contributed by atoms with Gasteiger partial charge in [-0.25, -0.2) is 9.37 Å². The van der Waals surface area contributed by atoms with Crippen molar-refractivity contribution in [1.82, 2.24) is 9.55 Å². The highest BCUT2D eigenvalue weighted by Gasteiger charge is 2.11. The molecular formula is C17H12FN3OS. The Morgan fingerprint density at radius 2 is 1.91 bits per heavy atom. The van der Waals surface area contributed by atoms with Crippen LogP contribution in [0.25, 0.3) is 10.9 Å². The number of rotatable bonds is 4. The number of nitrogens with zero attached hydrogens (tertiary/aromatic N) is 3. The lowest BCUT2D eigenvalue weighted by atomic mass is 10.2. The van der Waals surface area contributed by atoms with E-state index >= 15 is 0 Å². The zero-order valence-corrected chi connectivity index (χ0v) is 12.9. The molecule has 3 rings (SSSR count). The van der Waals surface area contributed by atoms with Crippen molar-refractivity contribution >= 4 is 22.7 Å². The first-order valence-corrected chi connectivity index (χ1v) is 7.91. The maximum atomic E-state index is 13.0. The Bertz CT molecular complexity index is 945. The minimum Gasteiger partial charge on any atom is -0.283 e. The number of fused-ring (bicyclic) bond motifs is 1. The molecule has 0 amide bonds. The fourth-order valence-electron chi connectivity index (χ4n) is 2.27. The zero-order chi connectivity index (χ0) is 16.2. The van der Waals surface area contributed by atoms with Crippen molar-refractivity contribution in [2.75, 3.05) is 5.75 Å². The summed E-state index contributed by atoms with van der Waals surface area (Å²) in [5.41, 5.74) is 1.23. The number of benzene rings is 2. The van der Waals surface area contributed by atoms with Crippen LogP contribution in [0, 0.1) is 17.1 Å². The van der Waals surface area contributed by atoms with E-state index in [4.69, 9.17) is 5.26 Å². The van der Waals surface area contributed by atoms with E-state index < -0.39 is 0 Å². The smallest absolute Gasteiger partial charge is 0.262 e. The maximum Gasteiger partial charge on any atom is 0.262 e. The van der Waals surface area contributed by atoms with Crippen molar-refractivity contribution in [3.8, 4) is 6.07 Å². The fraction of sp³-hybridized carbons (Fsp3) is 0.118. The standard InChI is InChI=1S/C17H12FN3OS/c18-13-7-5-12(6-8-13)11-21-16(22)14-3-1-2-4-15(14)20-17(21)23-10-9-19/h1-8H,10-11H2. The van der Waals surface area contributed by atoms with E-state index in [1.807, 2.05) is 12.1 Å². The molecule has 0 atom stereocenters. The van der Waals surface area contributed by atoms with Gasteiger partial charge >= 0.3 is 0 Å². The predicted octanol–water partition coefficient (Wildman–Crippen LogP) is 3.20. The van der Waals surface area contributed by atoms with Crippen LogP contribution in [0.4, 0.5) is 4.39 Å². The number of para-hydroxylation sites is 1. The van der Waals surface area contributed by atoms with Gasteiger partial charge in [0.15, 0.2) is 5.16 Å². The van der Waals surface area contributed by atoms with Crippen LogP contribution in [0.15, 0.2) is 58.5 Å². The van der Waals surface area contributed by atoms with Crippen LogP contribution in [0.1, 0.15) is 5.56 Å². The minimum atomic E-state index is -0.322. The van der Waals surface area contributed by atoms with Crippen LogP contribution in [0.5, 0.6) is 0 Å². The molecule has 6 heteroatoms. The molecule has 0 saturated carbocycles. The number of thioether (sulfide) groups is 1. The van der Waals surface area contributed by atoms with Crippen LogP contribution < -0.4 is 5.56 Å². The third-order valence-corrected chi connectivity index (χ3v) is 4.19. The van der Waals surface area contributed by atoms with Crippen molar-refractivity contribution in [2.45, 2.75) is 11.7 Å². The van der Waals surface area contributed by atoms with E-state index in [0.29, 0.717) is 16.1 Å². The second kappa shape index (κ2) is 6.63. The zero-order valence-electron chi connectivity index (χ0n) is 12.1. The van der Waals surface area contributed by atoms with Gasteiger partial charge in [-0.3, -0.25) is 9.36 Å². The molecule has 4 nitrogen and oxygen atoms in total. The normalized spacial score (nSPS) is 10.6. The molecule has 2 aromatic carbocycles. The maximum absolute atomic E-state index is 13.0. The van der Waals surface area contributed by atoms with Crippen molar-refractivity contribution in [1.29, 1.82) is 5.26 Å². The molecule has 0 radical (unpaired) electrons. The van der Waals surface area contributed by atoms with Crippen LogP contribution >= 0.6 is 11.8 Å². The van der Waals surface area contributed by atoms with Crippen LogP contribution in [0.2, 0.25) is 0 Å². The highest BCUT2D eigenvalue weighted by atomic mass is 32.2. The molecule has 23 heavy (non-hydrogen) atoms. The average molecular weight is 325 g/mol. The topological polar surface area (TPSA) is 58.7 Å². The first kappa shape index (κ1) is 15.3. The summed E-state index contributed by atoms with van der Waals surface area (Å²) in [7, 11) is 0. The van der Waals surface area contributed by atoms with Gasteiger partial charge in [-0.05, 0) is 29.8 Å². The van der Waals surface area contributed by atoms with Crippen molar-refractivity contribution in [3.05, 3.63) is 70.3 Å². The summed E-state index contributed by atoms with van der Waals surface area (Å²) >= 11 is 1.22. The molecule has 0 aliphatic heterocycles. The van der Waals surface area contributed by atoms with Gasteiger partial charge in [-0.15, -0.1) is 0 Å². The molecule has 3 aromatic rings. The summed E-state index contributed by atoms with van der Waals surface area (Å²) < 4.78 is 14.6. The van der Waals surface area contributed by atoms with E-state index in [2.05, 4.69) is 4.98 Å². The fourth-order valence-corrected chi connectivity index (χ4v) is 2.93. The lowest BCUT2D eigenvalue weighted by Gasteiger charge is -2.12. The molecule has 0 aliphatic rings. The summed E-state index contributed by atoms with van der Waals surface area (Å²) in [6.07, 6.45) is 0. The Morgan fingerprint density at radius 1 is 1.17 bits per heavy atom. The highest BCUT2D eigenvalue weighted by Crippen LogP contribution is 2.18. The monoisotopic (exact) mass is 325 g/mol. The van der Waals surface area contributed by atoms with Crippen molar-refractivity contribution < 1.29 is 4.39 Å². The SMILES string of the molecule is N#CCSc1nc2ccccc2c(=O)n1Cc1ccc(F)cc1. The summed E-state index contributed by atoms with van der Waals surface area (Å²) in [5.74, 6) is -0.120. The van der Waals surface area contributed by atoms with Gasteiger partial charge in [0.05, 0.1) is 29.3 Å². The van der Waals surface area contributed by atoms with E-state index in [1.54, 1.807) is 30.3 Å². The van der Waals surface area contributed by atoms with Gasteiger partial charge in [0.25, 0.3) is 5.56 Å². The van der Waals surface area contributed by atoms with E-state index in [9.17, 15) is 9.18 Å². The van der Waals surface area contributed by atoms with Gasteiger partial charge in [-0.2, -0.15) is 5.26 Å². The summed E-state index contributed by atoms with van der Waals surface area (Å²) in [4.78, 5) is 17.2. The molecule has 0 unspecified atom stereocenters. The highest BCUT2D eigenvalue weighted by molar-refractivity contribution is 7.99. The second-order valence-electron chi connectivity index (χ2n) is 4.88. The Labute approximate surface area is 136 Å². The molecule has 0 saturated heterocycles. The number of hydrogen-bond donors (Lipinski definition) is 0. The molecule has 1 heterocycles. The number of halogens is 1. The lowest BCUT2D eigenvalue weighted by Crippen LogP contribution is -2.24. The first-order valence-electron chi connectivity index (χ1n) is 6.93. The second-order valence-corrected chi connectivity index (χ2v) is 5.82. The van der Waals surface area contributed by atoms with E-state index in [1.165, 1.54) is 28.5 Å². The van der Waals surface area contributed by atoms with Gasteiger partial charge in [0.2, 0.25) is 0 Å². The number of hydrogen-bond acceptors (Lipinski definition) is 4. The quantitative estimate of drug-likeness (QED) is 0.546. The first-order chi connectivity index (χ1) is 11.2. The largest absolute Gasteiger partial charge is 0.283 e. The Balaban J connectivity index is 2.12. The van der Waals surface area contributed by atoms with Crippen molar-refractivity contribution in [3.63, 3.8) is 0 Å². The molecular weight excluding hydrogens is 313 g/mol. The summed E-state index contributed by atoms with van der Waals surface area (Å²) in [6, 6.07) is 15.1. The average Bonchev–Trinajstić information content (AvgIpc) is 2.57. The Hall–Kier alpha value is -2.65. The Morgan fingerprint density at radius 3 is 2.65 bits per heavy atom. The third-order valence-electron chi connectivity index (χ3n) is 3.35. The van der Waals surface area contributed by atoms with E-state index in [-0.39, 0.29) is 23.7 Å². The molecule has 0 spiro atoms. The van der Waals surface area contributed by atoms with Crippen LogP contribution in [-0.2, 0) is 6.54 Å². The number of aromatic nitrogens is 2. The van der Waals surface area contributed by atoms with Gasteiger partial charge in [-0.1, -0.05) is 36.0 Å². The van der Waals surface area contributed by atoms with Gasteiger partial charge in [0.1, 0.15) is 5.82 Å². The molecule has 0 N–H and O–H groups in total. The minimum absolute atomic E-state index is 0.166. The third kappa shape index (κ3) is 3.25. The number of nitriles is 1.